The van der Waals surface area contributed by atoms with Gasteiger partial charge in [0.05, 0.1) is 16.9 Å². The summed E-state index contributed by atoms with van der Waals surface area (Å²) in [6.07, 6.45) is 10.5. The van der Waals surface area contributed by atoms with Crippen LogP contribution in [0.1, 0.15) is 70.4 Å². The fourth-order valence-corrected chi connectivity index (χ4v) is 3.61. The molecule has 20 heavy (non-hydrogen) atoms. The van der Waals surface area contributed by atoms with Gasteiger partial charge in [-0.3, -0.25) is 4.68 Å². The summed E-state index contributed by atoms with van der Waals surface area (Å²) in [7, 11) is 0. The number of nitrogens with one attached hydrogen (secondary N) is 1. The van der Waals surface area contributed by atoms with E-state index in [1.807, 2.05) is 6.20 Å². The Labute approximate surface area is 128 Å². The Bertz CT molecular complexity index is 402. The van der Waals surface area contributed by atoms with Crippen molar-refractivity contribution in [3.05, 3.63) is 16.9 Å². The Balaban J connectivity index is 2.11. The number of hydrogen-bond acceptors (Lipinski definition) is 2. The van der Waals surface area contributed by atoms with Gasteiger partial charge in [-0.25, -0.2) is 0 Å². The van der Waals surface area contributed by atoms with Gasteiger partial charge in [0.15, 0.2) is 0 Å². The first kappa shape index (κ1) is 15.8. The van der Waals surface area contributed by atoms with Crippen LogP contribution in [0.5, 0.6) is 0 Å². The molecule has 1 N–H and O–H groups in total. The zero-order valence-electron chi connectivity index (χ0n) is 12.9. The van der Waals surface area contributed by atoms with Crippen molar-refractivity contribution in [2.45, 2.75) is 77.3 Å². The van der Waals surface area contributed by atoms with E-state index in [2.05, 4.69) is 28.9 Å². The van der Waals surface area contributed by atoms with E-state index in [1.54, 1.807) is 0 Å². The lowest BCUT2D eigenvalue weighted by Crippen LogP contribution is -2.30. The van der Waals surface area contributed by atoms with E-state index < -0.39 is 0 Å². The summed E-state index contributed by atoms with van der Waals surface area (Å²) in [6, 6.07) is 0.642. The van der Waals surface area contributed by atoms with Crippen molar-refractivity contribution in [1.82, 2.24) is 15.1 Å². The fraction of sp³-hybridized carbons (Fsp3) is 0.812. The molecule has 3 nitrogen and oxygen atoms in total. The predicted octanol–water partition coefficient (Wildman–Crippen LogP) is 4.36. The molecule has 0 bridgehead atoms. The molecule has 0 amide bonds. The number of hydrogen-bond donors (Lipinski definition) is 1. The minimum absolute atomic E-state index is 0.563. The molecule has 1 aromatic heterocycles. The van der Waals surface area contributed by atoms with E-state index in [-0.39, 0.29) is 0 Å². The summed E-state index contributed by atoms with van der Waals surface area (Å²) in [6.45, 7) is 6.53. The lowest BCUT2D eigenvalue weighted by atomic mass is 9.94. The first-order valence-corrected chi connectivity index (χ1v) is 8.58. The molecular formula is C16H28ClN3. The molecule has 1 saturated carbocycles. The third-order valence-corrected chi connectivity index (χ3v) is 4.55. The summed E-state index contributed by atoms with van der Waals surface area (Å²) in [5.41, 5.74) is 1.28. The van der Waals surface area contributed by atoms with Gasteiger partial charge in [-0.1, -0.05) is 38.3 Å². The van der Waals surface area contributed by atoms with Crippen LogP contribution in [-0.2, 0) is 6.54 Å². The summed E-state index contributed by atoms with van der Waals surface area (Å²) in [5.74, 6) is 0.563. The number of rotatable bonds is 6. The van der Waals surface area contributed by atoms with Gasteiger partial charge in [0.25, 0.3) is 0 Å². The van der Waals surface area contributed by atoms with Crippen molar-refractivity contribution >= 4 is 11.6 Å². The van der Waals surface area contributed by atoms with Crippen LogP contribution in [0.3, 0.4) is 0 Å². The molecule has 0 saturated heterocycles. The van der Waals surface area contributed by atoms with Crippen molar-refractivity contribution in [3.63, 3.8) is 0 Å². The monoisotopic (exact) mass is 297 g/mol. The van der Waals surface area contributed by atoms with Crippen LogP contribution in [0.2, 0.25) is 5.02 Å². The second-order valence-electron chi connectivity index (χ2n) is 5.97. The van der Waals surface area contributed by atoms with Crippen molar-refractivity contribution in [2.75, 3.05) is 6.54 Å². The number of halogens is 1. The molecule has 2 unspecified atom stereocenters. The second kappa shape index (κ2) is 8.04. The maximum absolute atomic E-state index is 6.42. The molecule has 2 rings (SSSR count). The highest BCUT2D eigenvalue weighted by Gasteiger charge is 2.25. The molecule has 0 aromatic carbocycles. The average Bonchev–Trinajstić information content (AvgIpc) is 2.67. The van der Waals surface area contributed by atoms with Crippen LogP contribution in [0.15, 0.2) is 6.20 Å². The Morgan fingerprint density at radius 1 is 1.30 bits per heavy atom. The number of aryl methyl sites for hydroxylation is 1. The van der Waals surface area contributed by atoms with Crippen LogP contribution in [-0.4, -0.2) is 22.4 Å². The van der Waals surface area contributed by atoms with Crippen LogP contribution in [0, 0.1) is 0 Å². The molecule has 0 spiro atoms. The van der Waals surface area contributed by atoms with Crippen molar-refractivity contribution in [3.8, 4) is 0 Å². The molecule has 1 fully saturated rings. The molecular weight excluding hydrogens is 270 g/mol. The molecule has 4 heteroatoms. The Morgan fingerprint density at radius 2 is 2.10 bits per heavy atom. The highest BCUT2D eigenvalue weighted by molar-refractivity contribution is 6.31. The number of nitrogens with zero attached hydrogens (tertiary/aromatic N) is 2. The van der Waals surface area contributed by atoms with E-state index in [0.29, 0.717) is 12.0 Å². The first-order chi connectivity index (χ1) is 9.76. The Morgan fingerprint density at radius 3 is 2.85 bits per heavy atom. The molecule has 1 aromatic rings. The summed E-state index contributed by atoms with van der Waals surface area (Å²) in [5, 5.41) is 9.02. The topological polar surface area (TPSA) is 29.9 Å². The largest absolute Gasteiger partial charge is 0.314 e. The second-order valence-corrected chi connectivity index (χ2v) is 6.38. The van der Waals surface area contributed by atoms with E-state index in [4.69, 9.17) is 11.6 Å². The molecule has 0 radical (unpaired) electrons. The van der Waals surface area contributed by atoms with Gasteiger partial charge in [-0.15, -0.1) is 0 Å². The highest BCUT2D eigenvalue weighted by atomic mass is 35.5. The lowest BCUT2D eigenvalue weighted by molar-refractivity contribution is 0.423. The Kier molecular flexibility index (Phi) is 6.37. The highest BCUT2D eigenvalue weighted by Crippen LogP contribution is 2.35. The van der Waals surface area contributed by atoms with Gasteiger partial charge >= 0.3 is 0 Å². The van der Waals surface area contributed by atoms with Gasteiger partial charge in [-0.2, -0.15) is 5.10 Å². The fourth-order valence-electron chi connectivity index (χ4n) is 3.31. The van der Waals surface area contributed by atoms with Crippen LogP contribution in [0.4, 0.5) is 0 Å². The summed E-state index contributed by atoms with van der Waals surface area (Å²) in [4.78, 5) is 0. The average molecular weight is 298 g/mol. The molecule has 2 atom stereocenters. The van der Waals surface area contributed by atoms with Crippen LogP contribution >= 0.6 is 11.6 Å². The standard InChI is InChI=1S/C16H28ClN3/c1-3-9-18-14-8-6-5-7-13(11-14)16-15(17)12-19-20(16)10-4-2/h12-14,18H,3-11H2,1-2H3. The van der Waals surface area contributed by atoms with E-state index in [9.17, 15) is 0 Å². The van der Waals surface area contributed by atoms with Gasteiger partial charge in [0.2, 0.25) is 0 Å². The molecule has 1 aliphatic carbocycles. The summed E-state index contributed by atoms with van der Waals surface area (Å²) >= 11 is 6.42. The SMILES string of the molecule is CCCNC1CCCCC(c2c(Cl)cnn2CCC)C1. The molecule has 1 aliphatic rings. The molecule has 0 aliphatic heterocycles. The number of aromatic nitrogens is 2. The van der Waals surface area contributed by atoms with Crippen molar-refractivity contribution in [2.24, 2.45) is 0 Å². The van der Waals surface area contributed by atoms with E-state index in [1.165, 1.54) is 44.2 Å². The first-order valence-electron chi connectivity index (χ1n) is 8.20. The van der Waals surface area contributed by atoms with E-state index >= 15 is 0 Å². The smallest absolute Gasteiger partial charge is 0.0820 e. The minimum Gasteiger partial charge on any atom is -0.314 e. The van der Waals surface area contributed by atoms with Crippen molar-refractivity contribution in [1.29, 1.82) is 0 Å². The summed E-state index contributed by atoms with van der Waals surface area (Å²) < 4.78 is 2.13. The van der Waals surface area contributed by atoms with E-state index in [0.717, 1.165) is 24.5 Å². The Hall–Kier alpha value is -0.540. The lowest BCUT2D eigenvalue weighted by Gasteiger charge is -2.22. The maximum atomic E-state index is 6.42. The minimum atomic E-state index is 0.563. The van der Waals surface area contributed by atoms with Gasteiger partial charge in [-0.05, 0) is 38.6 Å². The van der Waals surface area contributed by atoms with Gasteiger partial charge in [0, 0.05) is 18.5 Å². The van der Waals surface area contributed by atoms with Crippen LogP contribution in [0.25, 0.3) is 0 Å². The van der Waals surface area contributed by atoms with Gasteiger partial charge in [0.1, 0.15) is 0 Å². The van der Waals surface area contributed by atoms with Gasteiger partial charge < -0.3 is 5.32 Å². The predicted molar refractivity (Wildman–Crippen MR) is 85.4 cm³/mol. The molecule has 1 heterocycles. The molecule has 114 valence electrons. The normalized spacial score (nSPS) is 23.8. The quantitative estimate of drug-likeness (QED) is 0.791. The third kappa shape index (κ3) is 3.98. The third-order valence-electron chi connectivity index (χ3n) is 4.26. The van der Waals surface area contributed by atoms with Crippen LogP contribution < -0.4 is 5.32 Å². The zero-order valence-corrected chi connectivity index (χ0v) is 13.6. The maximum Gasteiger partial charge on any atom is 0.0820 e. The van der Waals surface area contributed by atoms with Crippen molar-refractivity contribution < 1.29 is 0 Å². The zero-order chi connectivity index (χ0) is 14.4.